The van der Waals surface area contributed by atoms with Crippen molar-refractivity contribution in [3.05, 3.63) is 11.6 Å². The monoisotopic (exact) mass is 186 g/mol. The van der Waals surface area contributed by atoms with Gasteiger partial charge in [-0.15, -0.1) is 0 Å². The predicted molar refractivity (Wildman–Crippen MR) is 42.3 cm³/mol. The number of Topliss-reactive ketones (excluding diaryl/α,β-unsaturated/α-hetero) is 1. The number of ketones is 1. The van der Waals surface area contributed by atoms with Crippen molar-refractivity contribution in [1.29, 1.82) is 0 Å². The lowest BCUT2D eigenvalue weighted by atomic mass is 10.2. The lowest BCUT2D eigenvalue weighted by molar-refractivity contribution is -0.122. The minimum atomic E-state index is -0.746. The van der Waals surface area contributed by atoms with Crippen molar-refractivity contribution in [2.45, 2.75) is 13.0 Å². The molecule has 6 nitrogen and oxygen atoms in total. The Morgan fingerprint density at radius 1 is 1.69 bits per heavy atom. The Morgan fingerprint density at radius 2 is 2.31 bits per heavy atom. The summed E-state index contributed by atoms with van der Waals surface area (Å²) in [7, 11) is 1.38. The van der Waals surface area contributed by atoms with Crippen molar-refractivity contribution in [3.8, 4) is 0 Å². The van der Waals surface area contributed by atoms with Crippen LogP contribution in [0, 0.1) is 0 Å². The Bertz CT molecular complexity index is 284. The van der Waals surface area contributed by atoms with Crippen LogP contribution in [0.1, 0.15) is 6.92 Å². The molecule has 72 valence electrons. The smallest absolute Gasteiger partial charge is 0.412 e. The van der Waals surface area contributed by atoms with E-state index in [4.69, 9.17) is 10.5 Å². The SMILES string of the molecule is CNC(=O)OC1=C(N)OC(C)C1=O. The summed E-state index contributed by atoms with van der Waals surface area (Å²) in [6.45, 7) is 1.52. The van der Waals surface area contributed by atoms with E-state index in [0.29, 0.717) is 0 Å². The lowest BCUT2D eigenvalue weighted by Crippen LogP contribution is -2.23. The molecule has 0 aromatic rings. The molecule has 1 amide bonds. The third-order valence-electron chi connectivity index (χ3n) is 1.52. The highest BCUT2D eigenvalue weighted by molar-refractivity contribution is 6.00. The first-order valence-corrected chi connectivity index (χ1v) is 3.66. The molecule has 1 aliphatic heterocycles. The average Bonchev–Trinajstić information content (AvgIpc) is 2.32. The Morgan fingerprint density at radius 3 is 2.69 bits per heavy atom. The van der Waals surface area contributed by atoms with Gasteiger partial charge in [0.25, 0.3) is 0 Å². The van der Waals surface area contributed by atoms with E-state index >= 15 is 0 Å². The molecule has 1 heterocycles. The van der Waals surface area contributed by atoms with E-state index in [9.17, 15) is 9.59 Å². The van der Waals surface area contributed by atoms with Crippen LogP contribution in [0.3, 0.4) is 0 Å². The van der Waals surface area contributed by atoms with Crippen LogP contribution in [0.5, 0.6) is 0 Å². The van der Waals surface area contributed by atoms with Gasteiger partial charge < -0.3 is 20.5 Å². The van der Waals surface area contributed by atoms with Crippen molar-refractivity contribution in [2.75, 3.05) is 7.05 Å². The van der Waals surface area contributed by atoms with Gasteiger partial charge in [-0.2, -0.15) is 0 Å². The zero-order valence-corrected chi connectivity index (χ0v) is 7.29. The summed E-state index contributed by atoms with van der Waals surface area (Å²) in [6, 6.07) is 0. The summed E-state index contributed by atoms with van der Waals surface area (Å²) >= 11 is 0. The van der Waals surface area contributed by atoms with Gasteiger partial charge in [-0.05, 0) is 6.92 Å². The molecule has 0 aromatic carbocycles. The number of hydrogen-bond acceptors (Lipinski definition) is 5. The molecule has 0 spiro atoms. The van der Waals surface area contributed by atoms with E-state index in [1.165, 1.54) is 14.0 Å². The fourth-order valence-corrected chi connectivity index (χ4v) is 0.848. The lowest BCUT2D eigenvalue weighted by Gasteiger charge is -2.00. The number of ether oxygens (including phenoxy) is 2. The van der Waals surface area contributed by atoms with Crippen molar-refractivity contribution < 1.29 is 19.1 Å². The van der Waals surface area contributed by atoms with E-state index < -0.39 is 18.0 Å². The van der Waals surface area contributed by atoms with Gasteiger partial charge in [0, 0.05) is 7.05 Å². The van der Waals surface area contributed by atoms with Gasteiger partial charge in [-0.25, -0.2) is 4.79 Å². The molecule has 1 rings (SSSR count). The van der Waals surface area contributed by atoms with Crippen LogP contribution in [0.25, 0.3) is 0 Å². The van der Waals surface area contributed by atoms with Gasteiger partial charge in [0.05, 0.1) is 0 Å². The highest BCUT2D eigenvalue weighted by Crippen LogP contribution is 2.18. The molecule has 0 saturated heterocycles. The number of rotatable bonds is 1. The number of alkyl carbamates (subject to hydrolysis) is 1. The van der Waals surface area contributed by atoms with Gasteiger partial charge in [0.15, 0.2) is 6.10 Å². The topological polar surface area (TPSA) is 90.7 Å². The van der Waals surface area contributed by atoms with E-state index in [-0.39, 0.29) is 11.6 Å². The molecule has 1 aliphatic rings. The first-order valence-electron chi connectivity index (χ1n) is 3.66. The van der Waals surface area contributed by atoms with Gasteiger partial charge >= 0.3 is 6.09 Å². The Kier molecular flexibility index (Phi) is 2.41. The van der Waals surface area contributed by atoms with Gasteiger partial charge in [0.2, 0.25) is 17.4 Å². The van der Waals surface area contributed by atoms with Crippen LogP contribution in [-0.2, 0) is 14.3 Å². The van der Waals surface area contributed by atoms with Crippen LogP contribution in [-0.4, -0.2) is 25.0 Å². The van der Waals surface area contributed by atoms with Crippen LogP contribution in [0.4, 0.5) is 4.79 Å². The molecular weight excluding hydrogens is 176 g/mol. The number of amides is 1. The van der Waals surface area contributed by atoms with Gasteiger partial charge in [0.1, 0.15) is 0 Å². The predicted octanol–water partition coefficient (Wildman–Crippen LogP) is -0.542. The number of carbonyl (C=O) groups is 2. The highest BCUT2D eigenvalue weighted by Gasteiger charge is 2.33. The van der Waals surface area contributed by atoms with Gasteiger partial charge in [-0.3, -0.25) is 4.79 Å². The fourth-order valence-electron chi connectivity index (χ4n) is 0.848. The van der Waals surface area contributed by atoms with E-state index in [0.717, 1.165) is 0 Å². The number of hydrogen-bond donors (Lipinski definition) is 2. The average molecular weight is 186 g/mol. The number of nitrogens with two attached hydrogens (primary N) is 1. The standard InChI is InChI=1S/C7H10N2O4/c1-3-4(10)5(6(8)12-3)13-7(11)9-2/h3H,8H2,1-2H3,(H,9,11). The minimum absolute atomic E-state index is 0.152. The van der Waals surface area contributed by atoms with Crippen molar-refractivity contribution in [3.63, 3.8) is 0 Å². The molecule has 0 radical (unpaired) electrons. The second-order valence-corrected chi connectivity index (χ2v) is 2.46. The van der Waals surface area contributed by atoms with Crippen LogP contribution >= 0.6 is 0 Å². The number of nitrogens with one attached hydrogen (secondary N) is 1. The maximum atomic E-state index is 11.2. The molecule has 0 fully saturated rings. The second-order valence-electron chi connectivity index (χ2n) is 2.46. The summed E-state index contributed by atoms with van der Waals surface area (Å²) in [5.74, 6) is -0.811. The molecule has 3 N–H and O–H groups in total. The summed E-state index contributed by atoms with van der Waals surface area (Å²) in [4.78, 5) is 21.9. The summed E-state index contributed by atoms with van der Waals surface area (Å²) in [5, 5.41) is 2.19. The molecule has 1 unspecified atom stereocenters. The highest BCUT2D eigenvalue weighted by atomic mass is 16.6. The normalized spacial score (nSPS) is 21.4. The van der Waals surface area contributed by atoms with E-state index in [1.807, 2.05) is 0 Å². The van der Waals surface area contributed by atoms with Crippen LogP contribution < -0.4 is 11.1 Å². The quantitative estimate of drug-likeness (QED) is 0.573. The van der Waals surface area contributed by atoms with Crippen LogP contribution in [0.15, 0.2) is 11.6 Å². The largest absolute Gasteiger partial charge is 0.465 e. The van der Waals surface area contributed by atoms with Crippen molar-refractivity contribution in [2.24, 2.45) is 5.73 Å². The van der Waals surface area contributed by atoms with Crippen molar-refractivity contribution in [1.82, 2.24) is 5.32 Å². The first-order chi connectivity index (χ1) is 6.06. The third-order valence-corrected chi connectivity index (χ3v) is 1.52. The molecule has 1 atom stereocenters. The van der Waals surface area contributed by atoms with Crippen LogP contribution in [0.2, 0.25) is 0 Å². The fraction of sp³-hybridized carbons (Fsp3) is 0.429. The molecule has 0 saturated carbocycles. The maximum absolute atomic E-state index is 11.2. The molecular formula is C7H10N2O4. The zero-order valence-electron chi connectivity index (χ0n) is 7.29. The van der Waals surface area contributed by atoms with Gasteiger partial charge in [-0.1, -0.05) is 0 Å². The molecule has 0 aliphatic carbocycles. The molecule has 0 aromatic heterocycles. The Balaban J connectivity index is 2.74. The summed E-state index contributed by atoms with van der Waals surface area (Å²) in [6.07, 6.45) is -1.43. The molecule has 13 heavy (non-hydrogen) atoms. The summed E-state index contributed by atoms with van der Waals surface area (Å²) in [5.41, 5.74) is 5.29. The minimum Gasteiger partial charge on any atom is -0.465 e. The number of carbonyl (C=O) groups excluding carboxylic acids is 2. The first kappa shape index (κ1) is 9.37. The zero-order chi connectivity index (χ0) is 10.0. The Labute approximate surface area is 74.7 Å². The molecule has 6 heteroatoms. The second kappa shape index (κ2) is 3.34. The maximum Gasteiger partial charge on any atom is 0.412 e. The van der Waals surface area contributed by atoms with E-state index in [1.54, 1.807) is 0 Å². The summed E-state index contributed by atoms with van der Waals surface area (Å²) < 4.78 is 9.42. The third kappa shape index (κ3) is 1.71. The molecule has 0 bridgehead atoms. The van der Waals surface area contributed by atoms with Crippen molar-refractivity contribution >= 4 is 11.9 Å². The Hall–Kier alpha value is -1.72. The van der Waals surface area contributed by atoms with E-state index in [2.05, 4.69) is 10.1 Å².